The zero-order valence-electron chi connectivity index (χ0n) is 19.4. The van der Waals surface area contributed by atoms with E-state index in [1.165, 1.54) is 17.2 Å². The van der Waals surface area contributed by atoms with Gasteiger partial charge in [-0.3, -0.25) is 4.79 Å². The fraction of sp³-hybridized carbons (Fsp3) is 0.308. The summed E-state index contributed by atoms with van der Waals surface area (Å²) in [6, 6.07) is 16.9. The van der Waals surface area contributed by atoms with E-state index >= 15 is 0 Å². The summed E-state index contributed by atoms with van der Waals surface area (Å²) in [4.78, 5) is 16.7. The zero-order chi connectivity index (χ0) is 23.7. The number of carbonyl (C=O) groups excluding carboxylic acids is 1. The maximum Gasteiger partial charge on any atom is 0.223 e. The van der Waals surface area contributed by atoms with Crippen LogP contribution in [0.15, 0.2) is 54.6 Å². The summed E-state index contributed by atoms with van der Waals surface area (Å²) in [5.41, 5.74) is 5.58. The number of benzene rings is 2. The highest BCUT2D eigenvalue weighted by Crippen LogP contribution is 2.22. The van der Waals surface area contributed by atoms with Gasteiger partial charge in [-0.2, -0.15) is 9.61 Å². The standard InChI is InChI=1S/C26H27FN6O/c1-18-7-8-20(17-19(18)2)22-9-10-24-28-29-25(33(24)30-22)11-12-26(34)32-15-13-31(14-16-32)23-6-4-3-5-21(23)27/h3-10,17H,11-16H2,1-2H3. The molecule has 0 atom stereocenters. The van der Waals surface area contributed by atoms with E-state index in [-0.39, 0.29) is 11.7 Å². The highest BCUT2D eigenvalue weighted by Gasteiger charge is 2.23. The van der Waals surface area contributed by atoms with Gasteiger partial charge in [-0.1, -0.05) is 24.3 Å². The van der Waals surface area contributed by atoms with Crippen molar-refractivity contribution in [3.63, 3.8) is 0 Å². The molecule has 3 heterocycles. The fourth-order valence-electron chi connectivity index (χ4n) is 4.33. The minimum Gasteiger partial charge on any atom is -0.366 e. The first-order valence-corrected chi connectivity index (χ1v) is 11.6. The van der Waals surface area contributed by atoms with E-state index in [0.29, 0.717) is 56.2 Å². The van der Waals surface area contributed by atoms with Gasteiger partial charge < -0.3 is 9.80 Å². The lowest BCUT2D eigenvalue weighted by Gasteiger charge is -2.36. The van der Waals surface area contributed by atoms with Crippen molar-refractivity contribution in [3.8, 4) is 11.3 Å². The summed E-state index contributed by atoms with van der Waals surface area (Å²) >= 11 is 0. The quantitative estimate of drug-likeness (QED) is 0.455. The maximum atomic E-state index is 14.1. The van der Waals surface area contributed by atoms with Crippen molar-refractivity contribution in [2.24, 2.45) is 0 Å². The molecule has 174 valence electrons. The number of rotatable bonds is 5. The Labute approximate surface area is 197 Å². The maximum absolute atomic E-state index is 14.1. The second-order valence-corrected chi connectivity index (χ2v) is 8.72. The van der Waals surface area contributed by atoms with Crippen molar-refractivity contribution in [2.45, 2.75) is 26.7 Å². The first-order valence-electron chi connectivity index (χ1n) is 11.6. The number of aryl methyl sites for hydroxylation is 3. The van der Waals surface area contributed by atoms with E-state index in [9.17, 15) is 9.18 Å². The predicted octanol–water partition coefficient (Wildman–Crippen LogP) is 3.83. The largest absolute Gasteiger partial charge is 0.366 e. The number of aromatic nitrogens is 4. The molecule has 0 radical (unpaired) electrons. The number of carbonyl (C=O) groups is 1. The Morgan fingerprint density at radius 2 is 1.74 bits per heavy atom. The molecule has 2 aromatic carbocycles. The molecule has 1 fully saturated rings. The van der Waals surface area contributed by atoms with Crippen molar-refractivity contribution in [3.05, 3.63) is 77.4 Å². The Morgan fingerprint density at radius 3 is 2.50 bits per heavy atom. The summed E-state index contributed by atoms with van der Waals surface area (Å²) in [5.74, 6) is 0.503. The van der Waals surface area contributed by atoms with Crippen LogP contribution >= 0.6 is 0 Å². The molecule has 2 aromatic heterocycles. The van der Waals surface area contributed by atoms with Crippen LogP contribution in [0.5, 0.6) is 0 Å². The zero-order valence-corrected chi connectivity index (χ0v) is 19.4. The van der Waals surface area contributed by atoms with E-state index in [1.54, 1.807) is 16.6 Å². The Hall–Kier alpha value is -3.81. The SMILES string of the molecule is Cc1ccc(-c2ccc3nnc(CCC(=O)N4CCN(c5ccccc5F)CC4)n3n2)cc1C. The summed E-state index contributed by atoms with van der Waals surface area (Å²) in [5, 5.41) is 13.2. The van der Waals surface area contributed by atoms with Crippen molar-refractivity contribution in [1.82, 2.24) is 24.7 Å². The molecule has 1 aliphatic heterocycles. The van der Waals surface area contributed by atoms with E-state index in [1.807, 2.05) is 28.0 Å². The molecule has 1 aliphatic rings. The number of para-hydroxylation sites is 1. The summed E-state index contributed by atoms with van der Waals surface area (Å²) < 4.78 is 15.8. The van der Waals surface area contributed by atoms with Crippen molar-refractivity contribution in [2.75, 3.05) is 31.1 Å². The molecule has 1 saturated heterocycles. The monoisotopic (exact) mass is 458 g/mol. The van der Waals surface area contributed by atoms with Crippen LogP contribution in [0.1, 0.15) is 23.4 Å². The minimum absolute atomic E-state index is 0.0650. The average Bonchev–Trinajstić information content (AvgIpc) is 3.27. The van der Waals surface area contributed by atoms with Gasteiger partial charge in [0.1, 0.15) is 5.82 Å². The van der Waals surface area contributed by atoms with Gasteiger partial charge in [0.25, 0.3) is 0 Å². The highest BCUT2D eigenvalue weighted by atomic mass is 19.1. The van der Waals surface area contributed by atoms with Crippen LogP contribution in [0.4, 0.5) is 10.1 Å². The molecule has 1 amide bonds. The van der Waals surface area contributed by atoms with E-state index in [2.05, 4.69) is 42.2 Å². The summed E-state index contributed by atoms with van der Waals surface area (Å²) in [6.07, 6.45) is 0.785. The number of halogens is 1. The van der Waals surface area contributed by atoms with Gasteiger partial charge >= 0.3 is 0 Å². The Morgan fingerprint density at radius 1 is 0.941 bits per heavy atom. The van der Waals surface area contributed by atoms with E-state index in [0.717, 1.165) is 11.3 Å². The molecule has 0 N–H and O–H groups in total. The molecule has 0 bridgehead atoms. The van der Waals surface area contributed by atoms with Crippen LogP contribution in [-0.4, -0.2) is 56.8 Å². The van der Waals surface area contributed by atoms with Crippen LogP contribution in [0.3, 0.4) is 0 Å². The first kappa shape index (κ1) is 22.0. The smallest absolute Gasteiger partial charge is 0.223 e. The molecule has 0 saturated carbocycles. The molecule has 8 heteroatoms. The molecular weight excluding hydrogens is 431 g/mol. The van der Waals surface area contributed by atoms with Gasteiger partial charge in [0.15, 0.2) is 11.5 Å². The van der Waals surface area contributed by atoms with Gasteiger partial charge in [-0.05, 0) is 55.3 Å². The van der Waals surface area contributed by atoms with Crippen molar-refractivity contribution in [1.29, 1.82) is 0 Å². The number of nitrogens with zero attached hydrogens (tertiary/aromatic N) is 6. The second-order valence-electron chi connectivity index (χ2n) is 8.72. The lowest BCUT2D eigenvalue weighted by molar-refractivity contribution is -0.131. The third kappa shape index (κ3) is 4.35. The highest BCUT2D eigenvalue weighted by molar-refractivity contribution is 5.76. The fourth-order valence-corrected chi connectivity index (χ4v) is 4.33. The number of fused-ring (bicyclic) bond motifs is 1. The second kappa shape index (κ2) is 9.21. The van der Waals surface area contributed by atoms with Gasteiger partial charge in [0, 0.05) is 44.6 Å². The molecular formula is C26H27FN6O. The summed E-state index contributed by atoms with van der Waals surface area (Å²) in [6.45, 7) is 6.54. The number of hydrogen-bond donors (Lipinski definition) is 0. The average molecular weight is 459 g/mol. The van der Waals surface area contributed by atoms with Crippen LogP contribution in [0.25, 0.3) is 16.9 Å². The van der Waals surface area contributed by atoms with Gasteiger partial charge in [-0.15, -0.1) is 10.2 Å². The Bertz CT molecular complexity index is 1340. The molecule has 0 spiro atoms. The molecule has 0 aliphatic carbocycles. The Kier molecular flexibility index (Phi) is 5.96. The molecule has 34 heavy (non-hydrogen) atoms. The lowest BCUT2D eigenvalue weighted by Crippen LogP contribution is -2.49. The number of anilines is 1. The van der Waals surface area contributed by atoms with Crippen molar-refractivity contribution < 1.29 is 9.18 Å². The van der Waals surface area contributed by atoms with Crippen LogP contribution in [0.2, 0.25) is 0 Å². The predicted molar refractivity (Wildman–Crippen MR) is 129 cm³/mol. The molecule has 0 unspecified atom stereocenters. The molecule has 4 aromatic rings. The van der Waals surface area contributed by atoms with Gasteiger partial charge in [0.2, 0.25) is 5.91 Å². The van der Waals surface area contributed by atoms with Gasteiger partial charge in [-0.25, -0.2) is 4.39 Å². The number of hydrogen-bond acceptors (Lipinski definition) is 5. The van der Waals surface area contributed by atoms with E-state index < -0.39 is 0 Å². The van der Waals surface area contributed by atoms with Crippen LogP contribution in [0, 0.1) is 19.7 Å². The molecule has 7 nitrogen and oxygen atoms in total. The third-order valence-corrected chi connectivity index (χ3v) is 6.52. The number of piperazine rings is 1. The van der Waals surface area contributed by atoms with Crippen LogP contribution in [-0.2, 0) is 11.2 Å². The Balaban J connectivity index is 1.24. The normalized spacial score (nSPS) is 14.1. The van der Waals surface area contributed by atoms with Crippen LogP contribution < -0.4 is 4.90 Å². The molecule has 5 rings (SSSR count). The summed E-state index contributed by atoms with van der Waals surface area (Å²) in [7, 11) is 0. The van der Waals surface area contributed by atoms with Gasteiger partial charge in [0.05, 0.1) is 11.4 Å². The van der Waals surface area contributed by atoms with E-state index in [4.69, 9.17) is 5.10 Å². The first-order chi connectivity index (χ1) is 16.5. The third-order valence-electron chi connectivity index (χ3n) is 6.52. The lowest BCUT2D eigenvalue weighted by atomic mass is 10.0. The number of amides is 1. The topological polar surface area (TPSA) is 66.6 Å². The minimum atomic E-state index is -0.228. The van der Waals surface area contributed by atoms with Crippen molar-refractivity contribution >= 4 is 17.2 Å².